The number of carbonyl (C=O) groups excluding carboxylic acids is 1. The van der Waals surface area contributed by atoms with Gasteiger partial charge in [-0.3, -0.25) is 9.78 Å². The molecule has 4 rings (SSSR count). The Kier molecular flexibility index (Phi) is 3.54. The van der Waals surface area contributed by atoms with Gasteiger partial charge in [0.05, 0.1) is 0 Å². The summed E-state index contributed by atoms with van der Waals surface area (Å²) in [7, 11) is 0. The maximum absolute atomic E-state index is 12.6. The molecule has 0 bridgehead atoms. The molecule has 5 heteroatoms. The van der Waals surface area contributed by atoms with E-state index in [0.717, 1.165) is 37.0 Å². The predicted molar refractivity (Wildman–Crippen MR) is 87.0 cm³/mol. The lowest BCUT2D eigenvalue weighted by Crippen LogP contribution is -2.35. The van der Waals surface area contributed by atoms with Crippen LogP contribution in [0.2, 0.25) is 0 Å². The third-order valence-corrected chi connectivity index (χ3v) is 4.21. The molecular weight excluding hydrogens is 290 g/mol. The van der Waals surface area contributed by atoms with Gasteiger partial charge in [-0.1, -0.05) is 0 Å². The molecule has 23 heavy (non-hydrogen) atoms. The number of nitrogens with zero attached hydrogens (tertiary/aromatic N) is 3. The molecule has 1 amide bonds. The summed E-state index contributed by atoms with van der Waals surface area (Å²) in [6.07, 6.45) is 6.79. The van der Waals surface area contributed by atoms with Gasteiger partial charge < -0.3 is 9.32 Å². The summed E-state index contributed by atoms with van der Waals surface area (Å²) < 4.78 is 5.82. The highest BCUT2D eigenvalue weighted by Crippen LogP contribution is 2.25. The number of rotatable bonds is 2. The molecule has 2 aromatic heterocycles. The van der Waals surface area contributed by atoms with E-state index in [1.807, 2.05) is 29.2 Å². The zero-order chi connectivity index (χ0) is 15.6. The number of hydrogen-bond donors (Lipinski definition) is 0. The highest BCUT2D eigenvalue weighted by molar-refractivity contribution is 5.97. The molecule has 1 fully saturated rings. The normalized spacial score (nSPS) is 15.0. The molecule has 0 aliphatic carbocycles. The van der Waals surface area contributed by atoms with Crippen molar-refractivity contribution >= 4 is 17.0 Å². The lowest BCUT2D eigenvalue weighted by atomic mass is 10.1. The van der Waals surface area contributed by atoms with Crippen molar-refractivity contribution in [2.24, 2.45) is 0 Å². The zero-order valence-electron chi connectivity index (χ0n) is 12.7. The molecule has 116 valence electrons. The summed E-state index contributed by atoms with van der Waals surface area (Å²) >= 11 is 0. The third kappa shape index (κ3) is 2.70. The van der Waals surface area contributed by atoms with E-state index >= 15 is 0 Å². The van der Waals surface area contributed by atoms with E-state index in [0.29, 0.717) is 17.0 Å². The molecule has 0 unspecified atom stereocenters. The van der Waals surface area contributed by atoms with Crippen LogP contribution in [0.4, 0.5) is 0 Å². The zero-order valence-corrected chi connectivity index (χ0v) is 12.7. The maximum Gasteiger partial charge on any atom is 0.253 e. The standard InChI is InChI=1S/C18H17N3O2/c22-18(21-10-2-1-3-11-21)14-4-5-15-16(12-14)23-17(20-15)13-6-8-19-9-7-13/h4-9,12H,1-3,10-11H2. The molecule has 1 aliphatic heterocycles. The molecule has 3 aromatic rings. The molecule has 5 nitrogen and oxygen atoms in total. The van der Waals surface area contributed by atoms with Crippen molar-refractivity contribution in [2.45, 2.75) is 19.3 Å². The fourth-order valence-electron chi connectivity index (χ4n) is 2.96. The average Bonchev–Trinajstić information content (AvgIpc) is 3.06. The number of pyridine rings is 1. The highest BCUT2D eigenvalue weighted by atomic mass is 16.3. The number of benzene rings is 1. The molecule has 0 N–H and O–H groups in total. The van der Waals surface area contributed by atoms with Crippen LogP contribution in [-0.2, 0) is 0 Å². The van der Waals surface area contributed by atoms with Crippen LogP contribution < -0.4 is 0 Å². The first-order chi connectivity index (χ1) is 11.3. The van der Waals surface area contributed by atoms with Crippen LogP contribution in [0.25, 0.3) is 22.6 Å². The first kappa shape index (κ1) is 13.9. The van der Waals surface area contributed by atoms with Crippen LogP contribution in [-0.4, -0.2) is 33.9 Å². The molecule has 1 saturated heterocycles. The Balaban J connectivity index is 1.66. The molecule has 1 aliphatic rings. The molecule has 0 atom stereocenters. The van der Waals surface area contributed by atoms with Crippen molar-refractivity contribution in [3.8, 4) is 11.5 Å². The highest BCUT2D eigenvalue weighted by Gasteiger charge is 2.19. The minimum atomic E-state index is 0.0773. The first-order valence-corrected chi connectivity index (χ1v) is 7.91. The summed E-state index contributed by atoms with van der Waals surface area (Å²) in [5.74, 6) is 0.624. The van der Waals surface area contributed by atoms with Gasteiger partial charge in [0, 0.05) is 36.6 Å². The quantitative estimate of drug-likeness (QED) is 0.727. The van der Waals surface area contributed by atoms with Crippen molar-refractivity contribution < 1.29 is 9.21 Å². The van der Waals surface area contributed by atoms with E-state index in [1.165, 1.54) is 6.42 Å². The lowest BCUT2D eigenvalue weighted by Gasteiger charge is -2.26. The Morgan fingerprint density at radius 1 is 1.04 bits per heavy atom. The van der Waals surface area contributed by atoms with Gasteiger partial charge in [0.1, 0.15) is 5.52 Å². The fraction of sp³-hybridized carbons (Fsp3) is 0.278. The maximum atomic E-state index is 12.6. The summed E-state index contributed by atoms with van der Waals surface area (Å²) in [5.41, 5.74) is 2.93. The van der Waals surface area contributed by atoms with Crippen LogP contribution in [0.3, 0.4) is 0 Å². The Morgan fingerprint density at radius 3 is 2.61 bits per heavy atom. The smallest absolute Gasteiger partial charge is 0.253 e. The minimum absolute atomic E-state index is 0.0773. The van der Waals surface area contributed by atoms with Gasteiger partial charge >= 0.3 is 0 Å². The second-order valence-electron chi connectivity index (χ2n) is 5.79. The number of amides is 1. The van der Waals surface area contributed by atoms with Gasteiger partial charge in [-0.2, -0.15) is 0 Å². The van der Waals surface area contributed by atoms with E-state index in [1.54, 1.807) is 18.5 Å². The Bertz CT molecular complexity index is 836. The van der Waals surface area contributed by atoms with Crippen LogP contribution in [0.15, 0.2) is 47.1 Å². The van der Waals surface area contributed by atoms with Crippen molar-refractivity contribution in [2.75, 3.05) is 13.1 Å². The van der Waals surface area contributed by atoms with Crippen molar-refractivity contribution in [3.05, 3.63) is 48.3 Å². The van der Waals surface area contributed by atoms with Gasteiger partial charge in [-0.25, -0.2) is 4.98 Å². The van der Waals surface area contributed by atoms with Crippen molar-refractivity contribution in [1.29, 1.82) is 0 Å². The summed E-state index contributed by atoms with van der Waals surface area (Å²) in [5, 5.41) is 0. The summed E-state index contributed by atoms with van der Waals surface area (Å²) in [6, 6.07) is 9.18. The van der Waals surface area contributed by atoms with E-state index in [2.05, 4.69) is 9.97 Å². The minimum Gasteiger partial charge on any atom is -0.436 e. The van der Waals surface area contributed by atoms with E-state index in [-0.39, 0.29) is 5.91 Å². The van der Waals surface area contributed by atoms with Crippen LogP contribution in [0.1, 0.15) is 29.6 Å². The monoisotopic (exact) mass is 307 g/mol. The number of hydrogen-bond acceptors (Lipinski definition) is 4. The molecule has 0 radical (unpaired) electrons. The van der Waals surface area contributed by atoms with Crippen LogP contribution >= 0.6 is 0 Å². The molecule has 0 saturated carbocycles. The summed E-state index contributed by atoms with van der Waals surface area (Å²) in [6.45, 7) is 1.69. The van der Waals surface area contributed by atoms with Crippen molar-refractivity contribution in [1.82, 2.24) is 14.9 Å². The van der Waals surface area contributed by atoms with Gasteiger partial charge in [0.2, 0.25) is 5.89 Å². The van der Waals surface area contributed by atoms with Gasteiger partial charge in [-0.05, 0) is 49.6 Å². The van der Waals surface area contributed by atoms with E-state index in [9.17, 15) is 4.79 Å². The van der Waals surface area contributed by atoms with Crippen molar-refractivity contribution in [3.63, 3.8) is 0 Å². The molecule has 0 spiro atoms. The Labute approximate surface area is 134 Å². The second kappa shape index (κ2) is 5.83. The first-order valence-electron chi connectivity index (χ1n) is 7.91. The van der Waals surface area contributed by atoms with Crippen LogP contribution in [0, 0.1) is 0 Å². The number of piperidine rings is 1. The largest absolute Gasteiger partial charge is 0.436 e. The SMILES string of the molecule is O=C(c1ccc2nc(-c3ccncc3)oc2c1)N1CCCCC1. The van der Waals surface area contributed by atoms with E-state index in [4.69, 9.17) is 4.42 Å². The number of likely N-dealkylation sites (tertiary alicyclic amines) is 1. The molecule has 3 heterocycles. The number of carbonyl (C=O) groups is 1. The lowest BCUT2D eigenvalue weighted by molar-refractivity contribution is 0.0724. The van der Waals surface area contributed by atoms with Gasteiger partial charge in [-0.15, -0.1) is 0 Å². The topological polar surface area (TPSA) is 59.2 Å². The number of oxazole rings is 1. The third-order valence-electron chi connectivity index (χ3n) is 4.21. The van der Waals surface area contributed by atoms with Crippen LogP contribution in [0.5, 0.6) is 0 Å². The van der Waals surface area contributed by atoms with E-state index < -0.39 is 0 Å². The van der Waals surface area contributed by atoms with Gasteiger partial charge in [0.25, 0.3) is 5.91 Å². The predicted octanol–water partition coefficient (Wildman–Crippen LogP) is 3.52. The molecule has 1 aromatic carbocycles. The Morgan fingerprint density at radius 2 is 1.83 bits per heavy atom. The Hall–Kier alpha value is -2.69. The van der Waals surface area contributed by atoms with Gasteiger partial charge in [0.15, 0.2) is 5.58 Å². The average molecular weight is 307 g/mol. The number of aromatic nitrogens is 2. The second-order valence-corrected chi connectivity index (χ2v) is 5.79. The summed E-state index contributed by atoms with van der Waals surface area (Å²) in [4.78, 5) is 23.0. The fourth-order valence-corrected chi connectivity index (χ4v) is 2.96. The molecular formula is C18H17N3O2. The number of fused-ring (bicyclic) bond motifs is 1.